The summed E-state index contributed by atoms with van der Waals surface area (Å²) in [4.78, 5) is 0. The van der Waals surface area contributed by atoms with Crippen LogP contribution in [0.1, 0.15) is 0 Å². The average Bonchev–Trinajstić information content (AvgIpc) is 2.18. The maximum absolute atomic E-state index is 6.98. The maximum atomic E-state index is 6.98. The van der Waals surface area contributed by atoms with Crippen LogP contribution in [-0.4, -0.2) is 27.5 Å². The zero-order valence-corrected chi connectivity index (χ0v) is 12.2. The zero-order chi connectivity index (χ0) is 9.94. The van der Waals surface area contributed by atoms with Gasteiger partial charge in [-0.1, -0.05) is 0 Å². The molecule has 1 N–H and O–H groups in total. The van der Waals surface area contributed by atoms with Crippen LogP contribution in [0.25, 0.3) is 5.73 Å². The van der Waals surface area contributed by atoms with Gasteiger partial charge in [0.25, 0.3) is 0 Å². The Morgan fingerprint density at radius 1 is 1.23 bits per heavy atom. The van der Waals surface area contributed by atoms with Gasteiger partial charge in [0.2, 0.25) is 0 Å². The van der Waals surface area contributed by atoms with Crippen molar-refractivity contribution < 1.29 is 15.9 Å². The molecule has 1 aromatic carbocycles. The second-order valence-electron chi connectivity index (χ2n) is 1.96. The molecule has 0 spiro atoms. The average molecular weight is 425 g/mol. The normalized spacial score (nSPS) is 9.15. The Kier molecular flexibility index (Phi) is 12.3. The monoisotopic (exact) mass is 426 g/mol. The number of nitrogens with one attached hydrogen (secondary N) is 1. The summed E-state index contributed by atoms with van der Waals surface area (Å²) in [6.45, 7) is 0.594. The predicted molar refractivity (Wildman–Crippen MR) is 57.5 cm³/mol. The van der Waals surface area contributed by atoms with Gasteiger partial charge in [-0.2, -0.15) is 0 Å². The van der Waals surface area contributed by atoms with Crippen LogP contribution < -0.4 is 3.61 Å². The third kappa shape index (κ3) is 9.51. The molecule has 5 heteroatoms. The zero-order valence-electron chi connectivity index (χ0n) is 6.78. The molecule has 0 aliphatic heterocycles. The number of halogens is 2. The van der Waals surface area contributed by atoms with E-state index in [4.69, 9.17) is 24.8 Å². The number of benzene rings is 1. The Labute approximate surface area is 106 Å². The van der Waals surface area contributed by atoms with Gasteiger partial charge < -0.3 is 0 Å². The predicted octanol–water partition coefficient (Wildman–Crippen LogP) is 2.86. The number of hydrogen-bond donors (Lipinski definition) is 0. The van der Waals surface area contributed by atoms with Gasteiger partial charge in [-0.05, 0) is 0 Å². The third-order valence-corrected chi connectivity index (χ3v) is 4.01. The summed E-state index contributed by atoms with van der Waals surface area (Å²) < 4.78 is 2.58. The fraction of sp³-hybridized carbons (Fsp3) is 0.250. The summed E-state index contributed by atoms with van der Waals surface area (Å²) in [6.07, 6.45) is 0. The van der Waals surface area contributed by atoms with Gasteiger partial charge in [-0.15, -0.1) is 0 Å². The van der Waals surface area contributed by atoms with Crippen molar-refractivity contribution in [3.05, 3.63) is 36.1 Å². The van der Waals surface area contributed by atoms with Crippen LogP contribution in [-0.2, 0) is 15.9 Å². The molecule has 78 valence electrons. The van der Waals surface area contributed by atoms with Crippen LogP contribution in [0.4, 0.5) is 0 Å². The minimum atomic E-state index is -0.106. The molecule has 1 nitrogen and oxygen atoms in total. The van der Waals surface area contributed by atoms with Gasteiger partial charge in [-0.25, -0.2) is 0 Å². The van der Waals surface area contributed by atoms with E-state index in [0.29, 0.717) is 6.54 Å². The quantitative estimate of drug-likeness (QED) is 0.666. The molecule has 0 saturated carbocycles. The summed E-state index contributed by atoms with van der Waals surface area (Å²) in [5.74, 6) is 0. The van der Waals surface area contributed by atoms with Crippen molar-refractivity contribution in [2.24, 2.45) is 0 Å². The first kappa shape index (κ1) is 14.2. The Balaban J connectivity index is 0.000000424. The molecule has 13 heavy (non-hydrogen) atoms. The Bertz CT molecular complexity index is 199. The number of hydrogen-bond acceptors (Lipinski definition) is 0. The molecule has 0 aliphatic carbocycles. The first-order chi connectivity index (χ1) is 6.35. The molecule has 0 aliphatic rings. The van der Waals surface area contributed by atoms with Crippen LogP contribution in [0.5, 0.6) is 0 Å². The van der Waals surface area contributed by atoms with Crippen molar-refractivity contribution in [3.63, 3.8) is 0 Å². The fourth-order valence-electron chi connectivity index (χ4n) is 0.686. The molecule has 1 rings (SSSR count). The molecular formula is C8H10Cl2NPdTe-. The third-order valence-electron chi connectivity index (χ3n) is 1.11. The molecule has 0 fully saturated rings. The van der Waals surface area contributed by atoms with E-state index in [1.807, 2.05) is 6.07 Å². The van der Waals surface area contributed by atoms with E-state index in [-0.39, 0.29) is 36.9 Å². The molecule has 1 aromatic rings. The molecule has 0 heterocycles. The summed E-state index contributed by atoms with van der Waals surface area (Å²) in [5.41, 5.74) is 6.98. The van der Waals surface area contributed by atoms with Crippen molar-refractivity contribution in [2.75, 3.05) is 6.54 Å². The molecule has 0 atom stereocenters. The molecule has 0 bridgehead atoms. The van der Waals surface area contributed by atoms with Crippen molar-refractivity contribution >= 4 is 43.6 Å². The Morgan fingerprint density at radius 3 is 2.23 bits per heavy atom. The van der Waals surface area contributed by atoms with Crippen LogP contribution in [0.15, 0.2) is 30.3 Å². The van der Waals surface area contributed by atoms with Crippen molar-refractivity contribution in [2.45, 2.75) is 4.47 Å². The summed E-state index contributed by atoms with van der Waals surface area (Å²) in [7, 11) is 9.63. The van der Waals surface area contributed by atoms with Crippen LogP contribution >= 0.6 is 19.1 Å². The van der Waals surface area contributed by atoms with Crippen molar-refractivity contribution in [1.29, 1.82) is 0 Å². The molecule has 0 saturated heterocycles. The van der Waals surface area contributed by atoms with Crippen molar-refractivity contribution in [1.82, 2.24) is 0 Å². The van der Waals surface area contributed by atoms with Gasteiger partial charge in [0.15, 0.2) is 0 Å². The van der Waals surface area contributed by atoms with E-state index < -0.39 is 0 Å². The van der Waals surface area contributed by atoms with E-state index in [9.17, 15) is 0 Å². The number of rotatable bonds is 3. The summed E-state index contributed by atoms with van der Waals surface area (Å²) >= 11 is -0.131. The first-order valence-electron chi connectivity index (χ1n) is 3.50. The first-order valence-corrected chi connectivity index (χ1v) is 10.3. The summed E-state index contributed by atoms with van der Waals surface area (Å²) in [5, 5.41) is 0. The van der Waals surface area contributed by atoms with Gasteiger partial charge in [0.05, 0.1) is 0 Å². The molecular weight excluding hydrogens is 415 g/mol. The summed E-state index contributed by atoms with van der Waals surface area (Å²) in [6, 6.07) is 10.5. The molecule has 0 radical (unpaired) electrons. The molecule has 0 amide bonds. The SMILES string of the molecule is [Cl][Pd][Cl].[NH-]CC[Te]c1ccccc1. The van der Waals surface area contributed by atoms with E-state index in [1.165, 1.54) is 3.61 Å². The van der Waals surface area contributed by atoms with Gasteiger partial charge in [0.1, 0.15) is 0 Å². The molecule has 0 unspecified atom stereocenters. The Hall–Kier alpha value is 1.21. The van der Waals surface area contributed by atoms with Crippen LogP contribution in [0.2, 0.25) is 4.47 Å². The standard InChI is InChI=1S/C8H10NTe.2ClH.Pd/c9-6-7-10-8-4-2-1-3-5-8;;;/h1-5,9H,6-7H2;2*1H;/q-1;;;+2/p-2. The van der Waals surface area contributed by atoms with Gasteiger partial charge >= 0.3 is 107 Å². The van der Waals surface area contributed by atoms with Crippen LogP contribution in [0.3, 0.4) is 0 Å². The second-order valence-corrected chi connectivity index (χ2v) is 7.65. The van der Waals surface area contributed by atoms with Crippen molar-refractivity contribution in [3.8, 4) is 0 Å². The Morgan fingerprint density at radius 2 is 1.77 bits per heavy atom. The van der Waals surface area contributed by atoms with Crippen LogP contribution in [0, 0.1) is 0 Å². The minimum absolute atomic E-state index is 0.0257. The van der Waals surface area contributed by atoms with E-state index in [1.54, 1.807) is 0 Å². The van der Waals surface area contributed by atoms with Gasteiger partial charge in [-0.3, -0.25) is 0 Å². The topological polar surface area (TPSA) is 23.8 Å². The fourth-order valence-corrected chi connectivity index (χ4v) is 2.65. The van der Waals surface area contributed by atoms with Gasteiger partial charge in [0, 0.05) is 0 Å². The van der Waals surface area contributed by atoms with E-state index in [2.05, 4.69) is 24.3 Å². The second kappa shape index (κ2) is 11.3. The van der Waals surface area contributed by atoms with E-state index >= 15 is 0 Å². The molecule has 0 aromatic heterocycles. The van der Waals surface area contributed by atoms with E-state index in [0.717, 1.165) is 4.47 Å².